The van der Waals surface area contributed by atoms with Crippen LogP contribution < -0.4 is 5.32 Å². The lowest BCUT2D eigenvalue weighted by Gasteiger charge is -2.42. The maximum atomic E-state index is 11.9. The van der Waals surface area contributed by atoms with Gasteiger partial charge in [0.2, 0.25) is 0 Å². The average molecular weight is 274 g/mol. The molecule has 19 heavy (non-hydrogen) atoms. The number of carboxylic acids is 1. The van der Waals surface area contributed by atoms with Crippen molar-refractivity contribution >= 4 is 12.0 Å². The summed E-state index contributed by atoms with van der Waals surface area (Å²) in [4.78, 5) is 24.1. The van der Waals surface area contributed by atoms with Crippen molar-refractivity contribution in [3.63, 3.8) is 0 Å². The zero-order valence-corrected chi connectivity index (χ0v) is 11.4. The molecule has 7 nitrogen and oxygen atoms in total. The molecule has 1 saturated carbocycles. The van der Waals surface area contributed by atoms with Crippen LogP contribution in [0.15, 0.2) is 0 Å². The monoisotopic (exact) mass is 274 g/mol. The van der Waals surface area contributed by atoms with E-state index < -0.39 is 17.6 Å². The van der Waals surface area contributed by atoms with Crippen molar-refractivity contribution in [3.8, 4) is 0 Å². The van der Waals surface area contributed by atoms with Crippen LogP contribution in [0.2, 0.25) is 0 Å². The highest BCUT2D eigenvalue weighted by Crippen LogP contribution is 2.35. The number of nitrogens with zero attached hydrogens (tertiary/aromatic N) is 1. The van der Waals surface area contributed by atoms with Crippen LogP contribution in [0.5, 0.6) is 0 Å². The maximum absolute atomic E-state index is 11.9. The van der Waals surface area contributed by atoms with Crippen molar-refractivity contribution in [2.24, 2.45) is 0 Å². The fourth-order valence-electron chi connectivity index (χ4n) is 2.21. The van der Waals surface area contributed by atoms with Gasteiger partial charge in [-0.05, 0) is 19.3 Å². The number of aliphatic hydroxyl groups excluding tert-OH is 1. The lowest BCUT2D eigenvalue weighted by Crippen LogP contribution is -2.58. The standard InChI is InChI=1S/C12H22N2O5/c1-14(7-9(15)8-19-2)11(18)13-12(4-3-5-12)6-10(16)17/h9,15H,3-8H2,1-2H3,(H,13,18)(H,16,17). The fourth-order valence-corrected chi connectivity index (χ4v) is 2.21. The predicted octanol–water partition coefficient (Wildman–Crippen LogP) is 0.0325. The van der Waals surface area contributed by atoms with Crippen LogP contribution in [0.3, 0.4) is 0 Å². The molecular weight excluding hydrogens is 252 g/mol. The van der Waals surface area contributed by atoms with Gasteiger partial charge in [-0.25, -0.2) is 4.79 Å². The first kappa shape index (κ1) is 15.7. The molecule has 1 aliphatic carbocycles. The van der Waals surface area contributed by atoms with E-state index in [4.69, 9.17) is 9.84 Å². The molecule has 0 spiro atoms. The molecule has 0 heterocycles. The van der Waals surface area contributed by atoms with Gasteiger partial charge in [-0.3, -0.25) is 4.79 Å². The molecule has 1 aliphatic rings. The Morgan fingerprint density at radius 3 is 2.53 bits per heavy atom. The van der Waals surface area contributed by atoms with Crippen molar-refractivity contribution in [1.82, 2.24) is 10.2 Å². The summed E-state index contributed by atoms with van der Waals surface area (Å²) in [5, 5.41) is 21.2. The van der Waals surface area contributed by atoms with E-state index in [1.807, 2.05) is 0 Å². The first-order valence-electron chi connectivity index (χ1n) is 6.30. The Hall–Kier alpha value is -1.34. The molecule has 1 unspecified atom stereocenters. The molecule has 0 bridgehead atoms. The van der Waals surface area contributed by atoms with Gasteiger partial charge < -0.3 is 25.2 Å². The first-order chi connectivity index (χ1) is 8.88. The fraction of sp³-hybridized carbons (Fsp3) is 0.833. The van der Waals surface area contributed by atoms with Crippen LogP contribution in [0, 0.1) is 0 Å². The molecule has 0 saturated heterocycles. The molecule has 110 valence electrons. The number of carbonyl (C=O) groups is 2. The van der Waals surface area contributed by atoms with Crippen molar-refractivity contribution in [1.29, 1.82) is 0 Å². The first-order valence-corrected chi connectivity index (χ1v) is 6.30. The Labute approximate surface area is 112 Å². The quantitative estimate of drug-likeness (QED) is 0.608. The SMILES string of the molecule is COCC(O)CN(C)C(=O)NC1(CC(=O)O)CCC1. The minimum absolute atomic E-state index is 0.0623. The van der Waals surface area contributed by atoms with Gasteiger partial charge in [-0.15, -0.1) is 0 Å². The maximum Gasteiger partial charge on any atom is 0.317 e. The minimum Gasteiger partial charge on any atom is -0.481 e. The molecular formula is C12H22N2O5. The summed E-state index contributed by atoms with van der Waals surface area (Å²) in [5.74, 6) is -0.915. The number of likely N-dealkylation sites (N-methyl/N-ethyl adjacent to an activating group) is 1. The van der Waals surface area contributed by atoms with Crippen molar-refractivity contribution < 1.29 is 24.5 Å². The number of nitrogens with one attached hydrogen (secondary N) is 1. The number of rotatable bonds is 7. The number of aliphatic hydroxyl groups is 1. The second kappa shape index (κ2) is 6.72. The second-order valence-corrected chi connectivity index (χ2v) is 5.12. The third kappa shape index (κ3) is 4.68. The van der Waals surface area contributed by atoms with Gasteiger partial charge in [0.25, 0.3) is 0 Å². The molecule has 0 aromatic heterocycles. The van der Waals surface area contributed by atoms with E-state index >= 15 is 0 Å². The van der Waals surface area contributed by atoms with Crippen molar-refractivity contribution in [2.45, 2.75) is 37.3 Å². The van der Waals surface area contributed by atoms with Gasteiger partial charge >= 0.3 is 12.0 Å². The highest BCUT2D eigenvalue weighted by atomic mass is 16.5. The summed E-state index contributed by atoms with van der Waals surface area (Å²) in [5.41, 5.74) is -0.622. The molecule has 1 atom stereocenters. The van der Waals surface area contributed by atoms with Crippen LogP contribution in [0.1, 0.15) is 25.7 Å². The third-order valence-corrected chi connectivity index (χ3v) is 3.36. The van der Waals surface area contributed by atoms with Crippen LogP contribution in [-0.4, -0.2) is 66.1 Å². The van der Waals surface area contributed by atoms with E-state index in [0.717, 1.165) is 6.42 Å². The van der Waals surface area contributed by atoms with Gasteiger partial charge in [0.15, 0.2) is 0 Å². The zero-order valence-electron chi connectivity index (χ0n) is 11.4. The van der Waals surface area contributed by atoms with Crippen LogP contribution >= 0.6 is 0 Å². The third-order valence-electron chi connectivity index (χ3n) is 3.36. The topological polar surface area (TPSA) is 99.1 Å². The Kier molecular flexibility index (Phi) is 5.56. The highest BCUT2D eigenvalue weighted by Gasteiger charge is 2.40. The zero-order chi connectivity index (χ0) is 14.5. The van der Waals surface area contributed by atoms with Gasteiger partial charge in [0.1, 0.15) is 0 Å². The summed E-state index contributed by atoms with van der Waals surface area (Å²) < 4.78 is 4.78. The van der Waals surface area contributed by atoms with Crippen LogP contribution in [0.25, 0.3) is 0 Å². The molecule has 1 fully saturated rings. The summed E-state index contributed by atoms with van der Waals surface area (Å²) >= 11 is 0. The highest BCUT2D eigenvalue weighted by molar-refractivity contribution is 5.77. The Morgan fingerprint density at radius 1 is 1.47 bits per heavy atom. The number of aliphatic carboxylic acids is 1. The Balaban J connectivity index is 2.46. The van der Waals surface area contributed by atoms with Crippen molar-refractivity contribution in [3.05, 3.63) is 0 Å². The molecule has 0 aromatic rings. The number of carboxylic acid groups (broad SMARTS) is 1. The van der Waals surface area contributed by atoms with E-state index in [1.54, 1.807) is 7.05 Å². The number of methoxy groups -OCH3 is 1. The van der Waals surface area contributed by atoms with E-state index in [1.165, 1.54) is 12.0 Å². The minimum atomic E-state index is -0.915. The largest absolute Gasteiger partial charge is 0.481 e. The Morgan fingerprint density at radius 2 is 2.11 bits per heavy atom. The normalized spacial score (nSPS) is 18.3. The molecule has 0 radical (unpaired) electrons. The number of ether oxygens (including phenoxy) is 1. The van der Waals surface area contributed by atoms with Crippen LogP contribution in [-0.2, 0) is 9.53 Å². The second-order valence-electron chi connectivity index (χ2n) is 5.12. The number of hydrogen-bond donors (Lipinski definition) is 3. The smallest absolute Gasteiger partial charge is 0.317 e. The number of urea groups is 1. The van der Waals surface area contributed by atoms with Crippen LogP contribution in [0.4, 0.5) is 4.79 Å². The van der Waals surface area contributed by atoms with E-state index in [2.05, 4.69) is 5.32 Å². The van der Waals surface area contributed by atoms with Gasteiger partial charge in [-0.1, -0.05) is 0 Å². The molecule has 2 amide bonds. The molecule has 0 aliphatic heterocycles. The van der Waals surface area contributed by atoms with Gasteiger partial charge in [0.05, 0.1) is 31.2 Å². The Bertz CT molecular complexity index is 330. The summed E-state index contributed by atoms with van der Waals surface area (Å²) in [6.45, 7) is 0.292. The van der Waals surface area contributed by atoms with E-state index in [-0.39, 0.29) is 25.6 Å². The summed E-state index contributed by atoms with van der Waals surface area (Å²) in [6, 6.07) is -0.365. The number of carbonyl (C=O) groups excluding carboxylic acids is 1. The van der Waals surface area contributed by atoms with E-state index in [0.29, 0.717) is 12.8 Å². The predicted molar refractivity (Wildman–Crippen MR) is 67.9 cm³/mol. The number of hydrogen-bond acceptors (Lipinski definition) is 4. The summed E-state index contributed by atoms with van der Waals surface area (Å²) in [6.07, 6.45) is 1.47. The van der Waals surface area contributed by atoms with Gasteiger partial charge in [-0.2, -0.15) is 0 Å². The lowest BCUT2D eigenvalue weighted by atomic mass is 9.74. The molecule has 0 aromatic carbocycles. The van der Waals surface area contributed by atoms with Gasteiger partial charge in [0, 0.05) is 14.2 Å². The molecule has 7 heteroatoms. The number of amides is 2. The summed E-state index contributed by atoms with van der Waals surface area (Å²) in [7, 11) is 3.03. The molecule has 3 N–H and O–H groups in total. The average Bonchev–Trinajstić information content (AvgIpc) is 2.25. The van der Waals surface area contributed by atoms with Crippen molar-refractivity contribution in [2.75, 3.05) is 27.3 Å². The molecule has 1 rings (SSSR count). The lowest BCUT2D eigenvalue weighted by molar-refractivity contribution is -0.139. The van der Waals surface area contributed by atoms with E-state index in [9.17, 15) is 14.7 Å².